The first kappa shape index (κ1) is 16.9. The number of hydroxylamine groups is 1. The summed E-state index contributed by atoms with van der Waals surface area (Å²) in [5.74, 6) is -1.36. The van der Waals surface area contributed by atoms with Crippen LogP contribution in [0.25, 0.3) is 33.7 Å². The van der Waals surface area contributed by atoms with Crippen LogP contribution < -0.4 is 5.48 Å². The summed E-state index contributed by atoms with van der Waals surface area (Å²) < 4.78 is 32.9. The monoisotopic (exact) mass is 366 g/mol. The van der Waals surface area contributed by atoms with Crippen molar-refractivity contribution in [2.45, 2.75) is 0 Å². The van der Waals surface area contributed by atoms with Crippen LogP contribution in [0.3, 0.4) is 0 Å². The lowest BCUT2D eigenvalue weighted by Gasteiger charge is -2.04. The molecule has 0 saturated carbocycles. The summed E-state index contributed by atoms with van der Waals surface area (Å²) in [5, 5.41) is 8.71. The highest BCUT2D eigenvalue weighted by Gasteiger charge is 2.12. The van der Waals surface area contributed by atoms with Crippen LogP contribution in [0, 0.1) is 11.6 Å². The fourth-order valence-electron chi connectivity index (χ4n) is 2.77. The molecule has 0 atom stereocenters. The number of halogens is 2. The van der Waals surface area contributed by atoms with Crippen molar-refractivity contribution >= 4 is 17.0 Å². The van der Waals surface area contributed by atoms with Gasteiger partial charge in [-0.3, -0.25) is 10.0 Å². The minimum Gasteiger partial charge on any atom is -0.436 e. The van der Waals surface area contributed by atoms with E-state index in [-0.39, 0.29) is 11.1 Å². The average Bonchev–Trinajstić information content (AvgIpc) is 3.12. The number of fused-ring (bicyclic) bond motifs is 1. The summed E-state index contributed by atoms with van der Waals surface area (Å²) in [4.78, 5) is 15.8. The Morgan fingerprint density at radius 1 is 0.963 bits per heavy atom. The lowest BCUT2D eigenvalue weighted by molar-refractivity contribution is 0.0706. The summed E-state index contributed by atoms with van der Waals surface area (Å²) in [6.07, 6.45) is 0. The molecule has 0 radical (unpaired) electrons. The molecule has 0 fully saturated rings. The minimum atomic E-state index is -0.650. The van der Waals surface area contributed by atoms with Gasteiger partial charge in [0.25, 0.3) is 5.91 Å². The van der Waals surface area contributed by atoms with Crippen LogP contribution in [0.2, 0.25) is 0 Å². The Hall–Kier alpha value is -3.58. The zero-order valence-corrected chi connectivity index (χ0v) is 13.7. The molecule has 134 valence electrons. The number of carbonyl (C=O) groups is 1. The number of hydrogen-bond donors (Lipinski definition) is 2. The quantitative estimate of drug-likeness (QED) is 0.412. The predicted octanol–water partition coefficient (Wildman–Crippen LogP) is 4.56. The first-order chi connectivity index (χ1) is 13.0. The van der Waals surface area contributed by atoms with E-state index in [1.165, 1.54) is 12.1 Å². The molecular formula is C20H12F2N2O3. The van der Waals surface area contributed by atoms with Crippen LogP contribution in [-0.4, -0.2) is 16.1 Å². The molecule has 0 unspecified atom stereocenters. The third-order valence-electron chi connectivity index (χ3n) is 4.12. The predicted molar refractivity (Wildman–Crippen MR) is 94.0 cm³/mol. The molecule has 0 bridgehead atoms. The van der Waals surface area contributed by atoms with Crippen molar-refractivity contribution in [1.82, 2.24) is 10.5 Å². The van der Waals surface area contributed by atoms with Gasteiger partial charge in [-0.05, 0) is 54.1 Å². The van der Waals surface area contributed by atoms with Gasteiger partial charge in [0.2, 0.25) is 5.89 Å². The summed E-state index contributed by atoms with van der Waals surface area (Å²) in [6.45, 7) is 0. The van der Waals surface area contributed by atoms with Gasteiger partial charge in [-0.2, -0.15) is 0 Å². The molecule has 0 aliphatic rings. The zero-order valence-electron chi connectivity index (χ0n) is 13.7. The lowest BCUT2D eigenvalue weighted by atomic mass is 10.0. The van der Waals surface area contributed by atoms with E-state index < -0.39 is 17.5 Å². The molecule has 5 nitrogen and oxygen atoms in total. The second-order valence-corrected chi connectivity index (χ2v) is 5.84. The normalized spacial score (nSPS) is 10.9. The molecule has 1 amide bonds. The lowest BCUT2D eigenvalue weighted by Crippen LogP contribution is -2.18. The molecule has 27 heavy (non-hydrogen) atoms. The maximum atomic E-state index is 13.9. The summed E-state index contributed by atoms with van der Waals surface area (Å²) >= 11 is 0. The number of carbonyl (C=O) groups excluding carboxylic acids is 1. The molecule has 1 aromatic heterocycles. The Morgan fingerprint density at radius 3 is 2.44 bits per heavy atom. The van der Waals surface area contributed by atoms with Crippen molar-refractivity contribution in [3.8, 4) is 22.6 Å². The first-order valence-corrected chi connectivity index (χ1v) is 7.96. The fourth-order valence-corrected chi connectivity index (χ4v) is 2.77. The van der Waals surface area contributed by atoms with Crippen molar-refractivity contribution < 1.29 is 23.2 Å². The van der Waals surface area contributed by atoms with Crippen molar-refractivity contribution in [2.75, 3.05) is 0 Å². The molecule has 4 aromatic rings. The Kier molecular flexibility index (Phi) is 4.13. The van der Waals surface area contributed by atoms with Crippen molar-refractivity contribution in [1.29, 1.82) is 0 Å². The average molecular weight is 366 g/mol. The number of nitrogens with zero attached hydrogens (tertiary/aromatic N) is 1. The maximum absolute atomic E-state index is 13.9. The van der Waals surface area contributed by atoms with E-state index >= 15 is 0 Å². The largest absolute Gasteiger partial charge is 0.436 e. The van der Waals surface area contributed by atoms with Crippen molar-refractivity contribution in [3.05, 3.63) is 77.9 Å². The summed E-state index contributed by atoms with van der Waals surface area (Å²) in [7, 11) is 0. The highest BCUT2D eigenvalue weighted by atomic mass is 19.1. The molecule has 0 aliphatic heterocycles. The molecule has 3 aromatic carbocycles. The number of nitrogens with one attached hydrogen (secondary N) is 1. The standard InChI is InChI=1S/C20H12F2N2O3/c21-14-6-7-16(22)15(10-14)11-1-3-12(4-2-11)20-23-17-9-13(19(25)24-26)5-8-18(17)27-20/h1-10,26H,(H,24,25). The molecular weight excluding hydrogens is 354 g/mol. The van der Waals surface area contributed by atoms with E-state index in [9.17, 15) is 13.6 Å². The Morgan fingerprint density at radius 2 is 1.70 bits per heavy atom. The van der Waals surface area contributed by atoms with E-state index in [4.69, 9.17) is 9.62 Å². The van der Waals surface area contributed by atoms with Gasteiger partial charge in [-0.25, -0.2) is 19.2 Å². The minimum absolute atomic E-state index is 0.166. The topological polar surface area (TPSA) is 75.4 Å². The van der Waals surface area contributed by atoms with Crippen LogP contribution in [0.1, 0.15) is 10.4 Å². The van der Waals surface area contributed by atoms with E-state index in [1.807, 2.05) is 0 Å². The van der Waals surface area contributed by atoms with E-state index in [2.05, 4.69) is 4.98 Å². The number of benzene rings is 3. The van der Waals surface area contributed by atoms with Gasteiger partial charge in [-0.15, -0.1) is 0 Å². The van der Waals surface area contributed by atoms with E-state index in [0.717, 1.165) is 18.2 Å². The van der Waals surface area contributed by atoms with Gasteiger partial charge in [0, 0.05) is 16.7 Å². The van der Waals surface area contributed by atoms with Gasteiger partial charge in [0.05, 0.1) is 0 Å². The second kappa shape index (κ2) is 6.62. The van der Waals surface area contributed by atoms with Crippen LogP contribution >= 0.6 is 0 Å². The fraction of sp³-hybridized carbons (Fsp3) is 0. The maximum Gasteiger partial charge on any atom is 0.274 e. The third kappa shape index (κ3) is 3.16. The Bertz CT molecular complexity index is 1150. The molecule has 1 heterocycles. The van der Waals surface area contributed by atoms with Crippen molar-refractivity contribution in [3.63, 3.8) is 0 Å². The number of amides is 1. The van der Waals surface area contributed by atoms with Gasteiger partial charge < -0.3 is 4.42 Å². The number of hydrogen-bond acceptors (Lipinski definition) is 4. The smallest absolute Gasteiger partial charge is 0.274 e. The molecule has 0 aliphatic carbocycles. The Balaban J connectivity index is 1.69. The van der Waals surface area contributed by atoms with E-state index in [1.54, 1.807) is 35.8 Å². The zero-order chi connectivity index (χ0) is 19.0. The molecule has 2 N–H and O–H groups in total. The van der Waals surface area contributed by atoms with Crippen LogP contribution in [0.4, 0.5) is 8.78 Å². The van der Waals surface area contributed by atoms with Crippen LogP contribution in [0.15, 0.2) is 65.1 Å². The number of aromatic nitrogens is 1. The van der Waals surface area contributed by atoms with Gasteiger partial charge in [0.1, 0.15) is 17.2 Å². The summed E-state index contributed by atoms with van der Waals surface area (Å²) in [5.41, 5.74) is 4.05. The van der Waals surface area contributed by atoms with Gasteiger partial charge in [0.15, 0.2) is 5.58 Å². The molecule has 0 spiro atoms. The van der Waals surface area contributed by atoms with Crippen LogP contribution in [-0.2, 0) is 0 Å². The van der Waals surface area contributed by atoms with Gasteiger partial charge in [-0.1, -0.05) is 12.1 Å². The summed E-state index contributed by atoms with van der Waals surface area (Å²) in [6, 6.07) is 14.5. The second-order valence-electron chi connectivity index (χ2n) is 5.84. The highest BCUT2D eigenvalue weighted by Crippen LogP contribution is 2.29. The van der Waals surface area contributed by atoms with E-state index in [0.29, 0.717) is 28.1 Å². The van der Waals surface area contributed by atoms with Crippen LogP contribution in [0.5, 0.6) is 0 Å². The first-order valence-electron chi connectivity index (χ1n) is 7.96. The molecule has 7 heteroatoms. The number of oxazole rings is 1. The molecule has 4 rings (SSSR count). The molecule has 0 saturated heterocycles. The third-order valence-corrected chi connectivity index (χ3v) is 4.12. The highest BCUT2D eigenvalue weighted by molar-refractivity contribution is 5.96. The van der Waals surface area contributed by atoms with Gasteiger partial charge >= 0.3 is 0 Å². The SMILES string of the molecule is O=C(NO)c1ccc2oc(-c3ccc(-c4cc(F)ccc4F)cc3)nc2c1. The number of rotatable bonds is 3. The Labute approximate surface area is 151 Å². The van der Waals surface area contributed by atoms with Crippen molar-refractivity contribution in [2.24, 2.45) is 0 Å².